The van der Waals surface area contributed by atoms with E-state index in [-0.39, 0.29) is 36.5 Å². The van der Waals surface area contributed by atoms with E-state index in [4.69, 9.17) is 9.84 Å². The second-order valence-electron chi connectivity index (χ2n) is 7.94. The Balaban J connectivity index is 1.30. The first kappa shape index (κ1) is 22.1. The Morgan fingerprint density at radius 3 is 2.27 bits per heavy atom. The minimum absolute atomic E-state index is 0.0443. The number of nitrogens with one attached hydrogen (secondary N) is 2. The highest BCUT2D eigenvalue weighted by atomic mass is 16.5. The molecule has 33 heavy (non-hydrogen) atoms. The number of carboxylic acid groups (broad SMARTS) is 1. The summed E-state index contributed by atoms with van der Waals surface area (Å²) in [5.41, 5.74) is 4.37. The van der Waals surface area contributed by atoms with Crippen LogP contribution in [0.15, 0.2) is 54.6 Å². The van der Waals surface area contributed by atoms with Crippen molar-refractivity contribution in [3.8, 4) is 11.1 Å². The zero-order valence-electron chi connectivity index (χ0n) is 18.2. The van der Waals surface area contributed by atoms with Gasteiger partial charge in [0.15, 0.2) is 5.69 Å². The maximum Gasteiger partial charge on any atom is 0.407 e. The molecular weight excluding hydrogens is 424 g/mol. The van der Waals surface area contributed by atoms with E-state index >= 15 is 0 Å². The zero-order chi connectivity index (χ0) is 23.5. The largest absolute Gasteiger partial charge is 0.476 e. The summed E-state index contributed by atoms with van der Waals surface area (Å²) in [5.74, 6) is -1.93. The van der Waals surface area contributed by atoms with Crippen molar-refractivity contribution < 1.29 is 24.2 Å². The lowest BCUT2D eigenvalue weighted by atomic mass is 9.98. The van der Waals surface area contributed by atoms with E-state index in [0.717, 1.165) is 22.3 Å². The summed E-state index contributed by atoms with van der Waals surface area (Å²) in [6.45, 7) is 1.90. The Bertz CT molecular complexity index is 1170. The van der Waals surface area contributed by atoms with E-state index in [1.165, 1.54) is 17.8 Å². The van der Waals surface area contributed by atoms with Crippen LogP contribution >= 0.6 is 0 Å². The molecule has 0 saturated heterocycles. The molecule has 3 aromatic rings. The number of anilines is 1. The van der Waals surface area contributed by atoms with Crippen molar-refractivity contribution in [2.24, 2.45) is 13.0 Å². The lowest BCUT2D eigenvalue weighted by Crippen LogP contribution is -2.35. The van der Waals surface area contributed by atoms with Gasteiger partial charge in [-0.15, -0.1) is 0 Å². The first-order valence-electron chi connectivity index (χ1n) is 10.5. The average molecular weight is 448 g/mol. The monoisotopic (exact) mass is 448 g/mol. The number of carboxylic acids is 1. The predicted octanol–water partition coefficient (Wildman–Crippen LogP) is 3.23. The first-order valence-corrected chi connectivity index (χ1v) is 10.5. The number of aromatic nitrogens is 2. The number of nitrogens with zero attached hydrogens (tertiary/aromatic N) is 2. The minimum Gasteiger partial charge on any atom is -0.476 e. The molecule has 2 aromatic carbocycles. The topological polar surface area (TPSA) is 123 Å². The number of rotatable bonds is 7. The summed E-state index contributed by atoms with van der Waals surface area (Å²) in [6, 6.07) is 17.4. The standard InChI is InChI=1S/C24H24N4O5/c1-14(22(29)26-21-11-20(23(30)31)27-28(21)2)12-25-24(32)33-13-19-17-9-5-3-7-15(17)16-8-4-6-10-18(16)19/h3-11,14,19H,12-13H2,1-2H3,(H,25,32)(H,26,29)(H,30,31). The molecule has 4 rings (SSSR count). The molecule has 9 nitrogen and oxygen atoms in total. The van der Waals surface area contributed by atoms with Crippen molar-refractivity contribution in [1.82, 2.24) is 15.1 Å². The summed E-state index contributed by atoms with van der Waals surface area (Å²) >= 11 is 0. The third kappa shape index (κ3) is 4.57. The van der Waals surface area contributed by atoms with Crippen LogP contribution in [0, 0.1) is 5.92 Å². The van der Waals surface area contributed by atoms with Gasteiger partial charge in [0.2, 0.25) is 5.91 Å². The van der Waals surface area contributed by atoms with Crippen LogP contribution in [0.5, 0.6) is 0 Å². The Hall–Kier alpha value is -4.14. The van der Waals surface area contributed by atoms with E-state index in [1.807, 2.05) is 36.4 Å². The average Bonchev–Trinajstić information content (AvgIpc) is 3.34. The molecule has 1 aliphatic carbocycles. The van der Waals surface area contributed by atoms with Crippen LogP contribution in [0.1, 0.15) is 34.5 Å². The minimum atomic E-state index is -1.18. The lowest BCUT2D eigenvalue weighted by Gasteiger charge is -2.16. The van der Waals surface area contributed by atoms with Gasteiger partial charge < -0.3 is 20.5 Å². The van der Waals surface area contributed by atoms with Gasteiger partial charge in [-0.1, -0.05) is 55.5 Å². The number of alkyl carbamates (subject to hydrolysis) is 1. The van der Waals surface area contributed by atoms with Gasteiger partial charge in [-0.3, -0.25) is 9.48 Å². The first-order chi connectivity index (χ1) is 15.8. The second kappa shape index (κ2) is 9.15. The van der Waals surface area contributed by atoms with Crippen molar-refractivity contribution in [2.75, 3.05) is 18.5 Å². The summed E-state index contributed by atoms with van der Waals surface area (Å²) in [7, 11) is 1.53. The van der Waals surface area contributed by atoms with Crippen molar-refractivity contribution in [3.05, 3.63) is 71.4 Å². The molecule has 0 saturated carbocycles. The van der Waals surface area contributed by atoms with Crippen molar-refractivity contribution in [2.45, 2.75) is 12.8 Å². The fraction of sp³-hybridized carbons (Fsp3) is 0.250. The number of aromatic carboxylic acids is 1. The number of aryl methyl sites for hydroxylation is 1. The fourth-order valence-corrected chi connectivity index (χ4v) is 3.92. The van der Waals surface area contributed by atoms with Crippen LogP contribution in [-0.2, 0) is 16.6 Å². The molecule has 0 aliphatic heterocycles. The molecule has 170 valence electrons. The van der Waals surface area contributed by atoms with Gasteiger partial charge in [0.1, 0.15) is 12.4 Å². The SMILES string of the molecule is CC(CNC(=O)OCC1c2ccccc2-c2ccccc21)C(=O)Nc1cc(C(=O)O)nn1C. The number of amides is 2. The summed E-state index contributed by atoms with van der Waals surface area (Å²) < 4.78 is 6.75. The number of carbonyl (C=O) groups is 3. The molecule has 0 radical (unpaired) electrons. The van der Waals surface area contributed by atoms with Gasteiger partial charge in [0.05, 0.1) is 5.92 Å². The maximum absolute atomic E-state index is 12.4. The molecule has 1 aromatic heterocycles. The summed E-state index contributed by atoms with van der Waals surface area (Å²) in [6.07, 6.45) is -0.606. The highest BCUT2D eigenvalue weighted by Gasteiger charge is 2.29. The number of hydrogen-bond acceptors (Lipinski definition) is 5. The Morgan fingerprint density at radius 2 is 1.70 bits per heavy atom. The van der Waals surface area contributed by atoms with E-state index in [1.54, 1.807) is 6.92 Å². The van der Waals surface area contributed by atoms with Gasteiger partial charge in [-0.05, 0) is 22.3 Å². The van der Waals surface area contributed by atoms with Gasteiger partial charge in [-0.25, -0.2) is 9.59 Å². The second-order valence-corrected chi connectivity index (χ2v) is 7.94. The van der Waals surface area contributed by atoms with Crippen LogP contribution < -0.4 is 10.6 Å². The van der Waals surface area contributed by atoms with E-state index in [2.05, 4.69) is 27.9 Å². The number of ether oxygens (including phenoxy) is 1. The molecule has 3 N–H and O–H groups in total. The van der Waals surface area contributed by atoms with E-state index in [9.17, 15) is 14.4 Å². The number of fused-ring (bicyclic) bond motifs is 3. The normalized spacial score (nSPS) is 13.0. The number of carbonyl (C=O) groups excluding carboxylic acids is 2. The van der Waals surface area contributed by atoms with Crippen LogP contribution in [0.2, 0.25) is 0 Å². The molecule has 9 heteroatoms. The molecule has 0 spiro atoms. The highest BCUT2D eigenvalue weighted by molar-refractivity contribution is 5.93. The molecular formula is C24H24N4O5. The van der Waals surface area contributed by atoms with Crippen molar-refractivity contribution in [1.29, 1.82) is 0 Å². The predicted molar refractivity (Wildman–Crippen MR) is 121 cm³/mol. The molecule has 1 atom stereocenters. The molecule has 0 fully saturated rings. The smallest absolute Gasteiger partial charge is 0.407 e. The summed E-state index contributed by atoms with van der Waals surface area (Å²) in [4.78, 5) is 35.7. The molecule has 1 unspecified atom stereocenters. The summed E-state index contributed by atoms with van der Waals surface area (Å²) in [5, 5.41) is 18.0. The quantitative estimate of drug-likeness (QED) is 0.510. The van der Waals surface area contributed by atoms with Gasteiger partial charge in [-0.2, -0.15) is 5.10 Å². The van der Waals surface area contributed by atoms with Crippen LogP contribution in [-0.4, -0.2) is 46.0 Å². The zero-order valence-corrected chi connectivity index (χ0v) is 18.2. The van der Waals surface area contributed by atoms with Crippen LogP contribution in [0.25, 0.3) is 11.1 Å². The van der Waals surface area contributed by atoms with E-state index < -0.39 is 18.0 Å². The molecule has 1 heterocycles. The third-order valence-corrected chi connectivity index (χ3v) is 5.69. The Labute approximate surface area is 190 Å². The molecule has 2 amide bonds. The van der Waals surface area contributed by atoms with E-state index in [0.29, 0.717) is 0 Å². The third-order valence-electron chi connectivity index (χ3n) is 5.69. The van der Waals surface area contributed by atoms with Gasteiger partial charge in [0, 0.05) is 25.6 Å². The molecule has 1 aliphatic rings. The fourth-order valence-electron chi connectivity index (χ4n) is 3.92. The lowest BCUT2D eigenvalue weighted by molar-refractivity contribution is -0.119. The van der Waals surface area contributed by atoms with Crippen molar-refractivity contribution in [3.63, 3.8) is 0 Å². The van der Waals surface area contributed by atoms with Gasteiger partial charge >= 0.3 is 12.1 Å². The van der Waals surface area contributed by atoms with Crippen LogP contribution in [0.4, 0.5) is 10.6 Å². The molecule has 0 bridgehead atoms. The van der Waals surface area contributed by atoms with Crippen LogP contribution in [0.3, 0.4) is 0 Å². The van der Waals surface area contributed by atoms with Crippen molar-refractivity contribution >= 4 is 23.8 Å². The highest BCUT2D eigenvalue weighted by Crippen LogP contribution is 2.44. The Morgan fingerprint density at radius 1 is 1.09 bits per heavy atom. The number of benzene rings is 2. The Kier molecular flexibility index (Phi) is 6.12. The van der Waals surface area contributed by atoms with Gasteiger partial charge in [0.25, 0.3) is 0 Å². The maximum atomic E-state index is 12.4. The number of hydrogen-bond donors (Lipinski definition) is 3.